The molecule has 1 amide bonds. The first-order valence-corrected chi connectivity index (χ1v) is 10.8. The van der Waals surface area contributed by atoms with Gasteiger partial charge in [0, 0.05) is 55.4 Å². The molecule has 0 spiro atoms. The van der Waals surface area contributed by atoms with Crippen LogP contribution in [0.3, 0.4) is 0 Å². The maximum absolute atomic E-state index is 11.9. The second kappa shape index (κ2) is 10.8. The molecule has 3 aromatic rings. The molecular weight excluding hydrogens is 390 g/mol. The van der Waals surface area contributed by atoms with Gasteiger partial charge in [0.05, 0.1) is 13.5 Å². The Kier molecular flexibility index (Phi) is 7.82. The van der Waals surface area contributed by atoms with Crippen LogP contribution in [0.2, 0.25) is 0 Å². The van der Waals surface area contributed by atoms with Gasteiger partial charge in [-0.05, 0) is 47.2 Å². The number of carbonyl (C=O) groups is 2. The zero-order chi connectivity index (χ0) is 22.2. The van der Waals surface area contributed by atoms with Crippen LogP contribution in [-0.4, -0.2) is 35.1 Å². The summed E-state index contributed by atoms with van der Waals surface area (Å²) >= 11 is 0. The van der Waals surface area contributed by atoms with Crippen LogP contribution in [-0.2, 0) is 33.7 Å². The monoisotopic (exact) mass is 421 g/mol. The van der Waals surface area contributed by atoms with Crippen molar-refractivity contribution >= 4 is 22.8 Å². The number of amides is 1. The van der Waals surface area contributed by atoms with Crippen molar-refractivity contribution in [2.45, 2.75) is 46.1 Å². The number of aromatic nitrogens is 2. The molecule has 0 aliphatic heterocycles. The number of nitrogens with zero attached hydrogens (tertiary/aromatic N) is 2. The molecular formula is C25H31N3O3. The highest BCUT2D eigenvalue weighted by Gasteiger charge is 2.12. The number of benzene rings is 1. The SMILES string of the molecule is COC(=O)CCn1cc(Cc2cccnc2)c2cc(CCNC(=O)CC(C)C)ccc21. The van der Waals surface area contributed by atoms with Gasteiger partial charge in [0.2, 0.25) is 5.91 Å². The molecule has 0 aliphatic carbocycles. The average molecular weight is 422 g/mol. The summed E-state index contributed by atoms with van der Waals surface area (Å²) in [5, 5.41) is 4.17. The second-order valence-corrected chi connectivity index (χ2v) is 8.26. The van der Waals surface area contributed by atoms with Gasteiger partial charge in [-0.25, -0.2) is 0 Å². The molecule has 6 nitrogen and oxygen atoms in total. The zero-order valence-corrected chi connectivity index (χ0v) is 18.6. The highest BCUT2D eigenvalue weighted by molar-refractivity contribution is 5.85. The van der Waals surface area contributed by atoms with Gasteiger partial charge in [-0.1, -0.05) is 26.0 Å². The molecule has 164 valence electrons. The van der Waals surface area contributed by atoms with E-state index in [-0.39, 0.29) is 11.9 Å². The molecule has 0 unspecified atom stereocenters. The molecule has 6 heteroatoms. The van der Waals surface area contributed by atoms with E-state index in [0.29, 0.717) is 31.8 Å². The summed E-state index contributed by atoms with van der Waals surface area (Å²) in [5.74, 6) is 0.239. The van der Waals surface area contributed by atoms with Crippen LogP contribution in [0, 0.1) is 5.92 Å². The summed E-state index contributed by atoms with van der Waals surface area (Å²) in [4.78, 5) is 27.8. The normalized spacial score (nSPS) is 11.1. The van der Waals surface area contributed by atoms with E-state index in [1.807, 2.05) is 26.1 Å². The topological polar surface area (TPSA) is 73.2 Å². The number of fused-ring (bicyclic) bond motifs is 1. The van der Waals surface area contributed by atoms with E-state index in [1.165, 1.54) is 23.6 Å². The number of aryl methyl sites for hydroxylation is 1. The lowest BCUT2D eigenvalue weighted by Crippen LogP contribution is -2.26. The highest BCUT2D eigenvalue weighted by Crippen LogP contribution is 2.26. The van der Waals surface area contributed by atoms with Gasteiger partial charge in [0.1, 0.15) is 0 Å². The fourth-order valence-corrected chi connectivity index (χ4v) is 3.73. The van der Waals surface area contributed by atoms with E-state index < -0.39 is 0 Å². The molecule has 2 heterocycles. The van der Waals surface area contributed by atoms with E-state index >= 15 is 0 Å². The third kappa shape index (κ3) is 6.41. The van der Waals surface area contributed by atoms with Crippen LogP contribution in [0.15, 0.2) is 48.9 Å². The second-order valence-electron chi connectivity index (χ2n) is 8.26. The zero-order valence-electron chi connectivity index (χ0n) is 18.6. The molecule has 0 radical (unpaired) electrons. The Balaban J connectivity index is 1.80. The Morgan fingerprint density at radius 3 is 2.74 bits per heavy atom. The number of ether oxygens (including phenoxy) is 1. The van der Waals surface area contributed by atoms with Gasteiger partial charge < -0.3 is 14.6 Å². The highest BCUT2D eigenvalue weighted by atomic mass is 16.5. The van der Waals surface area contributed by atoms with Crippen molar-refractivity contribution in [1.82, 2.24) is 14.9 Å². The molecule has 0 fully saturated rings. The fourth-order valence-electron chi connectivity index (χ4n) is 3.73. The first kappa shape index (κ1) is 22.5. The number of nitrogens with one attached hydrogen (secondary N) is 1. The van der Waals surface area contributed by atoms with Crippen LogP contribution in [0.4, 0.5) is 0 Å². The molecule has 0 bridgehead atoms. The van der Waals surface area contributed by atoms with Crippen molar-refractivity contribution in [3.63, 3.8) is 0 Å². The lowest BCUT2D eigenvalue weighted by atomic mass is 10.0. The number of methoxy groups -OCH3 is 1. The third-order valence-corrected chi connectivity index (χ3v) is 5.26. The first-order chi connectivity index (χ1) is 15.0. The van der Waals surface area contributed by atoms with Gasteiger partial charge in [0.15, 0.2) is 0 Å². The van der Waals surface area contributed by atoms with Crippen LogP contribution in [0.1, 0.15) is 43.4 Å². The molecule has 1 aromatic carbocycles. The standard InChI is InChI=1S/C25H31N3O3/c1-18(2)13-24(29)27-11-8-19-6-7-23-22(15-19)21(14-20-5-4-10-26-16-20)17-28(23)12-9-25(30)31-3/h4-7,10,15-18H,8-9,11-14H2,1-3H3,(H,27,29). The Hall–Kier alpha value is -3.15. The lowest BCUT2D eigenvalue weighted by Gasteiger charge is -2.08. The third-order valence-electron chi connectivity index (χ3n) is 5.26. The van der Waals surface area contributed by atoms with Crippen molar-refractivity contribution in [1.29, 1.82) is 0 Å². The summed E-state index contributed by atoms with van der Waals surface area (Å²) < 4.78 is 6.92. The molecule has 3 rings (SSSR count). The van der Waals surface area contributed by atoms with Gasteiger partial charge in [-0.15, -0.1) is 0 Å². The smallest absolute Gasteiger partial charge is 0.307 e. The Bertz CT molecular complexity index is 1030. The molecule has 0 atom stereocenters. The van der Waals surface area contributed by atoms with Crippen LogP contribution in [0.25, 0.3) is 10.9 Å². The van der Waals surface area contributed by atoms with Crippen LogP contribution in [0.5, 0.6) is 0 Å². The summed E-state index contributed by atoms with van der Waals surface area (Å²) in [5.41, 5.74) is 4.60. The van der Waals surface area contributed by atoms with Crippen molar-refractivity contribution in [2.24, 2.45) is 5.92 Å². The molecule has 0 aliphatic rings. The minimum atomic E-state index is -0.218. The van der Waals surface area contributed by atoms with Gasteiger partial charge in [0.25, 0.3) is 0 Å². The average Bonchev–Trinajstić information content (AvgIpc) is 3.09. The molecule has 31 heavy (non-hydrogen) atoms. The quantitative estimate of drug-likeness (QED) is 0.504. The molecule has 2 aromatic heterocycles. The van der Waals surface area contributed by atoms with Gasteiger partial charge in [-0.3, -0.25) is 14.6 Å². The fraction of sp³-hybridized carbons (Fsp3) is 0.400. The predicted octanol–water partition coefficient (Wildman–Crippen LogP) is 3.90. The van der Waals surface area contributed by atoms with Gasteiger partial charge >= 0.3 is 5.97 Å². The Labute approximate surface area is 183 Å². The summed E-state index contributed by atoms with van der Waals surface area (Å²) in [6.07, 6.45) is 8.20. The van der Waals surface area contributed by atoms with Crippen molar-refractivity contribution < 1.29 is 14.3 Å². The first-order valence-electron chi connectivity index (χ1n) is 10.8. The maximum Gasteiger partial charge on any atom is 0.307 e. The minimum Gasteiger partial charge on any atom is -0.469 e. The number of rotatable bonds is 10. The Morgan fingerprint density at radius 1 is 1.19 bits per heavy atom. The van der Waals surface area contributed by atoms with Crippen LogP contribution < -0.4 is 5.32 Å². The summed E-state index contributed by atoms with van der Waals surface area (Å²) in [7, 11) is 1.41. The number of pyridine rings is 1. The number of carbonyl (C=O) groups excluding carboxylic acids is 2. The Morgan fingerprint density at radius 2 is 2.03 bits per heavy atom. The van der Waals surface area contributed by atoms with Crippen molar-refractivity contribution in [3.05, 3.63) is 65.6 Å². The maximum atomic E-state index is 11.9. The minimum absolute atomic E-state index is 0.0994. The predicted molar refractivity (Wildman–Crippen MR) is 122 cm³/mol. The van der Waals surface area contributed by atoms with Crippen LogP contribution >= 0.6 is 0 Å². The van der Waals surface area contributed by atoms with Crippen molar-refractivity contribution in [3.8, 4) is 0 Å². The van der Waals surface area contributed by atoms with Crippen molar-refractivity contribution in [2.75, 3.05) is 13.7 Å². The molecule has 1 N–H and O–H groups in total. The van der Waals surface area contributed by atoms with E-state index in [9.17, 15) is 9.59 Å². The van der Waals surface area contributed by atoms with E-state index in [1.54, 1.807) is 6.20 Å². The van der Waals surface area contributed by atoms with Gasteiger partial charge in [-0.2, -0.15) is 0 Å². The number of hydrogen-bond donors (Lipinski definition) is 1. The van der Waals surface area contributed by atoms with E-state index in [4.69, 9.17) is 4.74 Å². The summed E-state index contributed by atoms with van der Waals surface area (Å²) in [6.45, 7) is 5.28. The summed E-state index contributed by atoms with van der Waals surface area (Å²) in [6, 6.07) is 10.4. The lowest BCUT2D eigenvalue weighted by molar-refractivity contribution is -0.140. The number of hydrogen-bond acceptors (Lipinski definition) is 4. The van der Waals surface area contributed by atoms with E-state index in [0.717, 1.165) is 23.9 Å². The molecule has 0 saturated heterocycles. The number of esters is 1. The largest absolute Gasteiger partial charge is 0.469 e. The van der Waals surface area contributed by atoms with E-state index in [2.05, 4.69) is 45.3 Å². The molecule has 0 saturated carbocycles.